The van der Waals surface area contributed by atoms with Gasteiger partial charge < -0.3 is 15.0 Å². The first-order valence-electron chi connectivity index (χ1n) is 6.42. The highest BCUT2D eigenvalue weighted by atomic mass is 127. The highest BCUT2D eigenvalue weighted by Gasteiger charge is 2.18. The molecule has 3 aromatic rings. The van der Waals surface area contributed by atoms with Gasteiger partial charge in [-0.3, -0.25) is 0 Å². The number of nitrogens with zero attached hydrogens (tertiary/aromatic N) is 1. The van der Waals surface area contributed by atoms with Gasteiger partial charge in [0.2, 0.25) is 0 Å². The summed E-state index contributed by atoms with van der Waals surface area (Å²) in [5.41, 5.74) is 8.77. The van der Waals surface area contributed by atoms with Crippen LogP contribution in [0, 0.1) is 2.88 Å². The van der Waals surface area contributed by atoms with Gasteiger partial charge in [0.1, 0.15) is 5.75 Å². The fourth-order valence-electron chi connectivity index (χ4n) is 2.09. The molecule has 0 unspecified atom stereocenters. The highest BCUT2D eigenvalue weighted by molar-refractivity contribution is 14.1. The molecule has 1 aromatic carbocycles. The molecule has 0 atom stereocenters. The maximum atomic E-state index is 5.98. The molecule has 0 bridgehead atoms. The van der Waals surface area contributed by atoms with E-state index in [1.165, 1.54) is 2.88 Å². The van der Waals surface area contributed by atoms with Crippen molar-refractivity contribution in [2.45, 2.75) is 6.92 Å². The van der Waals surface area contributed by atoms with Crippen LogP contribution in [0.5, 0.6) is 5.75 Å². The quantitative estimate of drug-likeness (QED) is 0.634. The average Bonchev–Trinajstić information content (AvgIpc) is 3.06. The third kappa shape index (κ3) is 2.91. The van der Waals surface area contributed by atoms with Crippen LogP contribution < -0.4 is 10.5 Å². The first kappa shape index (κ1) is 14.4. The predicted molar refractivity (Wildman–Crippen MR) is 93.6 cm³/mol. The number of nitrogen functional groups attached to an aromatic ring is 1. The van der Waals surface area contributed by atoms with Crippen molar-refractivity contribution in [1.82, 2.24) is 5.16 Å². The minimum Gasteiger partial charge on any atom is -0.494 e. The molecule has 0 aliphatic heterocycles. The summed E-state index contributed by atoms with van der Waals surface area (Å²) in [6.07, 6.45) is 0. The average molecular weight is 412 g/mol. The highest BCUT2D eigenvalue weighted by Crippen LogP contribution is 2.38. The Hall–Kier alpha value is -1.54. The molecule has 108 valence electrons. The first-order valence-corrected chi connectivity index (χ1v) is 8.37. The van der Waals surface area contributed by atoms with E-state index >= 15 is 0 Å². The molecule has 4 nitrogen and oxygen atoms in total. The number of nitrogens with two attached hydrogens (primary N) is 1. The van der Waals surface area contributed by atoms with E-state index in [2.05, 4.69) is 33.8 Å². The Balaban J connectivity index is 2.04. The molecule has 2 heterocycles. The van der Waals surface area contributed by atoms with Crippen molar-refractivity contribution in [3.63, 3.8) is 0 Å². The molecule has 3 rings (SSSR count). The van der Waals surface area contributed by atoms with Crippen LogP contribution in [0.4, 0.5) is 5.82 Å². The molecule has 0 amide bonds. The smallest absolute Gasteiger partial charge is 0.177 e. The Bertz CT molecular complexity index is 749. The normalized spacial score (nSPS) is 10.8. The number of benzene rings is 1. The second kappa shape index (κ2) is 6.07. The van der Waals surface area contributed by atoms with Crippen LogP contribution in [0.15, 0.2) is 40.2 Å². The van der Waals surface area contributed by atoms with E-state index in [0.29, 0.717) is 18.2 Å². The molecule has 0 spiro atoms. The summed E-state index contributed by atoms with van der Waals surface area (Å²) < 4.78 is 12.1. The molecule has 2 N–H and O–H groups in total. The van der Waals surface area contributed by atoms with Crippen molar-refractivity contribution in [3.05, 3.63) is 38.6 Å². The topological polar surface area (TPSA) is 61.3 Å². The molecule has 21 heavy (non-hydrogen) atoms. The Morgan fingerprint density at radius 3 is 2.67 bits per heavy atom. The van der Waals surface area contributed by atoms with Crippen molar-refractivity contribution in [2.24, 2.45) is 0 Å². The molecule has 0 saturated heterocycles. The zero-order valence-corrected chi connectivity index (χ0v) is 14.3. The summed E-state index contributed by atoms with van der Waals surface area (Å²) in [5, 5.41) is 5.95. The van der Waals surface area contributed by atoms with Crippen LogP contribution in [0.2, 0.25) is 0 Å². The van der Waals surface area contributed by atoms with Crippen LogP contribution in [-0.2, 0) is 0 Å². The lowest BCUT2D eigenvalue weighted by Gasteiger charge is -2.05. The third-order valence-corrected chi connectivity index (χ3v) is 4.79. The van der Waals surface area contributed by atoms with Crippen molar-refractivity contribution < 1.29 is 9.26 Å². The second-order valence-corrected chi connectivity index (χ2v) is 7.17. The lowest BCUT2D eigenvalue weighted by molar-refractivity contribution is 0.340. The number of hydrogen-bond acceptors (Lipinski definition) is 5. The molecule has 0 aliphatic carbocycles. The first-order chi connectivity index (χ1) is 10.2. The molecule has 0 saturated carbocycles. The Labute approximate surface area is 140 Å². The molecule has 0 aliphatic rings. The standard InChI is InChI=1S/C15H13IN2O2S/c1-2-19-11-5-3-9(4-6-11)13-14(20-18-15(13)17)10-7-12(16)21-8-10/h3-8H,2H2,1H3,(H2,17,18). The summed E-state index contributed by atoms with van der Waals surface area (Å²) in [4.78, 5) is 0. The zero-order valence-electron chi connectivity index (χ0n) is 11.3. The van der Waals surface area contributed by atoms with Crippen LogP contribution in [0.1, 0.15) is 6.92 Å². The van der Waals surface area contributed by atoms with E-state index in [0.717, 1.165) is 22.4 Å². The van der Waals surface area contributed by atoms with Gasteiger partial charge in [0, 0.05) is 10.9 Å². The summed E-state index contributed by atoms with van der Waals surface area (Å²) in [7, 11) is 0. The number of thiophene rings is 1. The van der Waals surface area contributed by atoms with Gasteiger partial charge >= 0.3 is 0 Å². The molecular weight excluding hydrogens is 399 g/mol. The fraction of sp³-hybridized carbons (Fsp3) is 0.133. The SMILES string of the molecule is CCOc1ccc(-c2c(N)noc2-c2csc(I)c2)cc1. The molecule has 0 fully saturated rings. The predicted octanol–water partition coefficient (Wildman–Crippen LogP) is 4.66. The summed E-state index contributed by atoms with van der Waals surface area (Å²) in [6, 6.07) is 9.84. The van der Waals surface area contributed by atoms with E-state index in [1.807, 2.05) is 36.6 Å². The Morgan fingerprint density at radius 1 is 1.29 bits per heavy atom. The van der Waals surface area contributed by atoms with Gasteiger partial charge in [0.25, 0.3) is 0 Å². The molecule has 2 aromatic heterocycles. The maximum Gasteiger partial charge on any atom is 0.177 e. The van der Waals surface area contributed by atoms with Crippen LogP contribution in [0.25, 0.3) is 22.5 Å². The van der Waals surface area contributed by atoms with Crippen LogP contribution in [0.3, 0.4) is 0 Å². The van der Waals surface area contributed by atoms with Gasteiger partial charge in [-0.05, 0) is 53.3 Å². The van der Waals surface area contributed by atoms with Crippen molar-refractivity contribution in [2.75, 3.05) is 12.3 Å². The third-order valence-electron chi connectivity index (χ3n) is 3.00. The zero-order chi connectivity index (χ0) is 14.8. The molecule has 6 heteroatoms. The fourth-order valence-corrected chi connectivity index (χ4v) is 3.42. The summed E-state index contributed by atoms with van der Waals surface area (Å²) in [5.74, 6) is 1.94. The van der Waals surface area contributed by atoms with E-state index in [9.17, 15) is 0 Å². The van der Waals surface area contributed by atoms with Gasteiger partial charge in [-0.15, -0.1) is 11.3 Å². The van der Waals surface area contributed by atoms with Gasteiger partial charge in [-0.25, -0.2) is 0 Å². The lowest BCUT2D eigenvalue weighted by atomic mass is 10.0. The molecule has 0 radical (unpaired) electrons. The summed E-state index contributed by atoms with van der Waals surface area (Å²) in [6.45, 7) is 2.61. The number of anilines is 1. The molecular formula is C15H13IN2O2S. The number of hydrogen-bond donors (Lipinski definition) is 1. The monoisotopic (exact) mass is 412 g/mol. The number of aromatic nitrogens is 1. The number of halogens is 1. The van der Waals surface area contributed by atoms with Gasteiger partial charge in [-0.1, -0.05) is 17.3 Å². The van der Waals surface area contributed by atoms with Crippen molar-refractivity contribution in [1.29, 1.82) is 0 Å². The summed E-state index contributed by atoms with van der Waals surface area (Å²) >= 11 is 3.94. The van der Waals surface area contributed by atoms with Gasteiger partial charge in [0.05, 0.1) is 15.1 Å². The van der Waals surface area contributed by atoms with E-state index in [4.69, 9.17) is 15.0 Å². The Kier molecular flexibility index (Phi) is 4.16. The van der Waals surface area contributed by atoms with Gasteiger partial charge in [-0.2, -0.15) is 0 Å². The van der Waals surface area contributed by atoms with Crippen LogP contribution in [-0.4, -0.2) is 11.8 Å². The van der Waals surface area contributed by atoms with Crippen molar-refractivity contribution in [3.8, 4) is 28.2 Å². The largest absolute Gasteiger partial charge is 0.494 e. The Morgan fingerprint density at radius 2 is 2.05 bits per heavy atom. The van der Waals surface area contributed by atoms with Gasteiger partial charge in [0.15, 0.2) is 11.6 Å². The minimum atomic E-state index is 0.398. The lowest BCUT2D eigenvalue weighted by Crippen LogP contribution is -1.92. The van der Waals surface area contributed by atoms with E-state index in [1.54, 1.807) is 11.3 Å². The number of ether oxygens (including phenoxy) is 1. The van der Waals surface area contributed by atoms with Crippen LogP contribution >= 0.6 is 33.9 Å². The second-order valence-electron chi connectivity index (χ2n) is 4.37. The maximum absolute atomic E-state index is 5.98. The number of rotatable bonds is 4. The van der Waals surface area contributed by atoms with Crippen molar-refractivity contribution >= 4 is 39.7 Å². The van der Waals surface area contributed by atoms with E-state index < -0.39 is 0 Å². The minimum absolute atomic E-state index is 0.398. The van der Waals surface area contributed by atoms with E-state index in [-0.39, 0.29) is 0 Å².